The zero-order chi connectivity index (χ0) is 17.5. The van der Waals surface area contributed by atoms with Gasteiger partial charge in [0.15, 0.2) is 0 Å². The fraction of sp³-hybridized carbons (Fsp3) is 0.286. The molecular formula is C21H23FN2O. The summed E-state index contributed by atoms with van der Waals surface area (Å²) in [5, 5.41) is 2.82. The minimum atomic E-state index is -0.335. The van der Waals surface area contributed by atoms with Gasteiger partial charge < -0.3 is 5.32 Å². The first kappa shape index (κ1) is 17.4. The first-order valence-corrected chi connectivity index (χ1v) is 8.71. The lowest BCUT2D eigenvalue weighted by Crippen LogP contribution is -2.38. The van der Waals surface area contributed by atoms with Crippen LogP contribution in [0.25, 0.3) is 6.08 Å². The number of halogens is 1. The maximum Gasteiger partial charge on any atom is 0.227 e. The van der Waals surface area contributed by atoms with Crippen molar-refractivity contribution in [2.45, 2.75) is 12.8 Å². The summed E-state index contributed by atoms with van der Waals surface area (Å²) in [5.74, 6) is -0.347. The van der Waals surface area contributed by atoms with Gasteiger partial charge in [-0.05, 0) is 49.7 Å². The standard InChI is InChI=1S/C21H23FN2O/c22-19-9-4-10-20(16-19)23-21(25)18-11-14-24(15-12-18)13-5-8-17-6-2-1-3-7-17/h1-10,16,18H,11-15H2,(H,23,25)/b8-5+. The van der Waals surface area contributed by atoms with Crippen LogP contribution in [0, 0.1) is 11.7 Å². The average Bonchev–Trinajstić information content (AvgIpc) is 2.63. The van der Waals surface area contributed by atoms with Crippen LogP contribution in [0.2, 0.25) is 0 Å². The molecule has 3 nitrogen and oxygen atoms in total. The van der Waals surface area contributed by atoms with Crippen LogP contribution in [0.4, 0.5) is 10.1 Å². The first-order valence-electron chi connectivity index (χ1n) is 8.71. The van der Waals surface area contributed by atoms with Gasteiger partial charge in [0, 0.05) is 18.2 Å². The van der Waals surface area contributed by atoms with Crippen molar-refractivity contribution in [3.63, 3.8) is 0 Å². The molecule has 2 aromatic carbocycles. The third kappa shape index (κ3) is 5.26. The molecule has 0 aliphatic carbocycles. The third-order valence-corrected chi connectivity index (χ3v) is 4.52. The minimum absolute atomic E-state index is 0.00220. The molecule has 0 unspecified atom stereocenters. The SMILES string of the molecule is O=C(Nc1cccc(F)c1)C1CCN(C/C=C/c2ccccc2)CC1. The molecule has 1 aliphatic heterocycles. The molecule has 0 saturated carbocycles. The van der Waals surface area contributed by atoms with Crippen LogP contribution in [-0.4, -0.2) is 30.4 Å². The van der Waals surface area contributed by atoms with Gasteiger partial charge in [-0.2, -0.15) is 0 Å². The van der Waals surface area contributed by atoms with Gasteiger partial charge in [0.25, 0.3) is 0 Å². The molecule has 130 valence electrons. The molecular weight excluding hydrogens is 315 g/mol. The zero-order valence-electron chi connectivity index (χ0n) is 14.2. The maximum absolute atomic E-state index is 13.2. The predicted molar refractivity (Wildman–Crippen MR) is 99.7 cm³/mol. The van der Waals surface area contributed by atoms with Crippen molar-refractivity contribution in [1.82, 2.24) is 4.90 Å². The third-order valence-electron chi connectivity index (χ3n) is 4.52. The number of nitrogens with one attached hydrogen (secondary N) is 1. The summed E-state index contributed by atoms with van der Waals surface area (Å²) < 4.78 is 13.2. The summed E-state index contributed by atoms with van der Waals surface area (Å²) in [6.07, 6.45) is 5.96. The van der Waals surface area contributed by atoms with E-state index >= 15 is 0 Å². The van der Waals surface area contributed by atoms with E-state index in [1.807, 2.05) is 18.2 Å². The molecule has 25 heavy (non-hydrogen) atoms. The van der Waals surface area contributed by atoms with Crippen molar-refractivity contribution in [1.29, 1.82) is 0 Å². The quantitative estimate of drug-likeness (QED) is 0.886. The largest absolute Gasteiger partial charge is 0.326 e. The zero-order valence-corrected chi connectivity index (χ0v) is 14.2. The van der Waals surface area contributed by atoms with Gasteiger partial charge in [0.1, 0.15) is 5.82 Å². The molecule has 0 atom stereocenters. The lowest BCUT2D eigenvalue weighted by Gasteiger charge is -2.30. The number of carbonyl (C=O) groups is 1. The minimum Gasteiger partial charge on any atom is -0.326 e. The second-order valence-corrected chi connectivity index (χ2v) is 6.39. The van der Waals surface area contributed by atoms with Crippen molar-refractivity contribution in [2.24, 2.45) is 5.92 Å². The Labute approximate surface area is 148 Å². The van der Waals surface area contributed by atoms with Crippen LogP contribution in [0.3, 0.4) is 0 Å². The van der Waals surface area contributed by atoms with Crippen LogP contribution in [-0.2, 0) is 4.79 Å². The Morgan fingerprint density at radius 3 is 2.60 bits per heavy atom. The highest BCUT2D eigenvalue weighted by Gasteiger charge is 2.24. The number of carbonyl (C=O) groups excluding carboxylic acids is 1. The van der Waals surface area contributed by atoms with Gasteiger partial charge >= 0.3 is 0 Å². The highest BCUT2D eigenvalue weighted by molar-refractivity contribution is 5.92. The van der Waals surface area contributed by atoms with E-state index in [0.29, 0.717) is 5.69 Å². The van der Waals surface area contributed by atoms with Gasteiger partial charge in [-0.15, -0.1) is 0 Å². The molecule has 1 heterocycles. The predicted octanol–water partition coefficient (Wildman–Crippen LogP) is 4.19. The Morgan fingerprint density at radius 1 is 1.12 bits per heavy atom. The smallest absolute Gasteiger partial charge is 0.227 e. The highest BCUT2D eigenvalue weighted by atomic mass is 19.1. The Hall–Kier alpha value is -2.46. The summed E-state index contributed by atoms with van der Waals surface area (Å²) in [6.45, 7) is 2.70. The molecule has 1 N–H and O–H groups in total. The van der Waals surface area contributed by atoms with Gasteiger partial charge in [-0.3, -0.25) is 9.69 Å². The number of likely N-dealkylation sites (tertiary alicyclic amines) is 1. The van der Waals surface area contributed by atoms with E-state index in [9.17, 15) is 9.18 Å². The summed E-state index contributed by atoms with van der Waals surface area (Å²) in [4.78, 5) is 14.7. The second kappa shape index (κ2) is 8.58. The monoisotopic (exact) mass is 338 g/mol. The highest BCUT2D eigenvalue weighted by Crippen LogP contribution is 2.20. The number of anilines is 1. The molecule has 1 amide bonds. The maximum atomic E-state index is 13.2. The lowest BCUT2D eigenvalue weighted by atomic mass is 9.96. The number of amides is 1. The Morgan fingerprint density at radius 2 is 1.88 bits per heavy atom. The normalized spacial score (nSPS) is 16.2. The molecule has 1 aliphatic rings. The van der Waals surface area contributed by atoms with Crippen LogP contribution < -0.4 is 5.32 Å². The Kier molecular flexibility index (Phi) is 5.96. The fourth-order valence-electron chi connectivity index (χ4n) is 3.09. The lowest BCUT2D eigenvalue weighted by molar-refractivity contribution is -0.121. The van der Waals surface area contributed by atoms with Gasteiger partial charge in [-0.1, -0.05) is 48.6 Å². The van der Waals surface area contributed by atoms with Crippen LogP contribution in [0.15, 0.2) is 60.7 Å². The Balaban J connectivity index is 1.43. The first-order chi connectivity index (χ1) is 12.2. The topological polar surface area (TPSA) is 32.3 Å². The number of nitrogens with zero attached hydrogens (tertiary/aromatic N) is 1. The number of hydrogen-bond donors (Lipinski definition) is 1. The van der Waals surface area contributed by atoms with Crippen molar-refractivity contribution in [2.75, 3.05) is 25.0 Å². The number of rotatable bonds is 5. The van der Waals surface area contributed by atoms with Crippen molar-refractivity contribution in [3.8, 4) is 0 Å². The van der Waals surface area contributed by atoms with Crippen LogP contribution in [0.1, 0.15) is 18.4 Å². The van der Waals surface area contributed by atoms with E-state index in [4.69, 9.17) is 0 Å². The second-order valence-electron chi connectivity index (χ2n) is 6.39. The molecule has 2 aromatic rings. The number of hydrogen-bond acceptors (Lipinski definition) is 2. The summed E-state index contributed by atoms with van der Waals surface area (Å²) in [7, 11) is 0. The van der Waals surface area contributed by atoms with E-state index in [1.165, 1.54) is 17.7 Å². The van der Waals surface area contributed by atoms with E-state index in [1.54, 1.807) is 12.1 Å². The van der Waals surface area contributed by atoms with Crippen LogP contribution >= 0.6 is 0 Å². The van der Waals surface area contributed by atoms with Gasteiger partial charge in [-0.25, -0.2) is 4.39 Å². The van der Waals surface area contributed by atoms with Crippen molar-refractivity contribution in [3.05, 3.63) is 72.1 Å². The molecule has 1 fully saturated rings. The Bertz CT molecular complexity index is 722. The van der Waals surface area contributed by atoms with Crippen molar-refractivity contribution < 1.29 is 9.18 Å². The fourth-order valence-corrected chi connectivity index (χ4v) is 3.09. The summed E-state index contributed by atoms with van der Waals surface area (Å²) >= 11 is 0. The average molecular weight is 338 g/mol. The summed E-state index contributed by atoms with van der Waals surface area (Å²) in [5.41, 5.74) is 1.73. The van der Waals surface area contributed by atoms with E-state index in [-0.39, 0.29) is 17.6 Å². The molecule has 4 heteroatoms. The van der Waals surface area contributed by atoms with Gasteiger partial charge in [0.05, 0.1) is 0 Å². The molecule has 1 saturated heterocycles. The van der Waals surface area contributed by atoms with E-state index in [0.717, 1.165) is 32.5 Å². The van der Waals surface area contributed by atoms with E-state index in [2.05, 4.69) is 34.5 Å². The number of piperidine rings is 1. The van der Waals surface area contributed by atoms with E-state index < -0.39 is 0 Å². The van der Waals surface area contributed by atoms with Gasteiger partial charge in [0.2, 0.25) is 5.91 Å². The molecule has 0 radical (unpaired) electrons. The molecule has 0 bridgehead atoms. The van der Waals surface area contributed by atoms with Crippen LogP contribution in [0.5, 0.6) is 0 Å². The summed E-state index contributed by atoms with van der Waals surface area (Å²) in [6, 6.07) is 16.3. The molecule has 0 spiro atoms. The van der Waals surface area contributed by atoms with Crippen molar-refractivity contribution >= 4 is 17.7 Å². The number of benzene rings is 2. The molecule has 0 aromatic heterocycles. The molecule has 3 rings (SSSR count).